The third-order valence-corrected chi connectivity index (χ3v) is 7.92. The molecule has 0 fully saturated rings. The van der Waals surface area contributed by atoms with Gasteiger partial charge in [-0.15, -0.1) is 0 Å². The van der Waals surface area contributed by atoms with Crippen LogP contribution in [0.2, 0.25) is 0 Å². The molecule has 0 amide bonds. The van der Waals surface area contributed by atoms with Crippen molar-refractivity contribution in [2.45, 2.75) is 193 Å². The lowest BCUT2D eigenvalue weighted by Gasteiger charge is -2.08. The van der Waals surface area contributed by atoms with Gasteiger partial charge in [-0.3, -0.25) is 9.59 Å². The van der Waals surface area contributed by atoms with E-state index in [-0.39, 0.29) is 25.2 Å². The summed E-state index contributed by atoms with van der Waals surface area (Å²) in [7, 11) is 0. The lowest BCUT2D eigenvalue weighted by molar-refractivity contribution is -0.147. The summed E-state index contributed by atoms with van der Waals surface area (Å²) >= 11 is 0. The van der Waals surface area contributed by atoms with Crippen LogP contribution in [0.4, 0.5) is 0 Å². The van der Waals surface area contributed by atoms with Gasteiger partial charge in [0.2, 0.25) is 0 Å². The number of unbranched alkanes of at least 4 members (excludes halogenated alkanes) is 24. The zero-order valence-electron chi connectivity index (χ0n) is 27.0. The van der Waals surface area contributed by atoms with Crippen LogP contribution in [0.15, 0.2) is 0 Å². The minimum Gasteiger partial charge on any atom is -0.466 e. The van der Waals surface area contributed by atoms with E-state index in [0.29, 0.717) is 19.4 Å². The van der Waals surface area contributed by atoms with Crippen molar-refractivity contribution in [3.05, 3.63) is 0 Å². The van der Waals surface area contributed by atoms with Gasteiger partial charge in [0.15, 0.2) is 0 Å². The summed E-state index contributed by atoms with van der Waals surface area (Å²) in [6.07, 6.45) is 32.6. The van der Waals surface area contributed by atoms with Crippen LogP contribution >= 0.6 is 0 Å². The number of aliphatic hydroxyl groups excluding tert-OH is 2. The molecule has 0 aliphatic carbocycles. The van der Waals surface area contributed by atoms with Crippen molar-refractivity contribution in [3.63, 3.8) is 0 Å². The van der Waals surface area contributed by atoms with Crippen LogP contribution in [0.1, 0.15) is 187 Å². The fourth-order valence-electron chi connectivity index (χ4n) is 5.18. The van der Waals surface area contributed by atoms with Crippen molar-refractivity contribution in [2.24, 2.45) is 0 Å². The van der Waals surface area contributed by atoms with E-state index in [4.69, 9.17) is 19.7 Å². The van der Waals surface area contributed by atoms with Gasteiger partial charge in [-0.05, 0) is 19.3 Å². The quantitative estimate of drug-likeness (QED) is 0.0589. The molecule has 0 radical (unpaired) electrons. The molecule has 0 aliphatic rings. The first kappa shape index (κ1) is 39.9. The minimum atomic E-state index is -0.973. The fourth-order valence-corrected chi connectivity index (χ4v) is 5.18. The summed E-state index contributed by atoms with van der Waals surface area (Å²) in [6.45, 7) is 2.36. The molecule has 244 valence electrons. The van der Waals surface area contributed by atoms with Crippen molar-refractivity contribution >= 4 is 11.9 Å². The number of hydrogen-bond acceptors (Lipinski definition) is 6. The predicted octanol–water partition coefficient (Wildman–Crippen LogP) is 9.37. The Morgan fingerprint density at radius 3 is 1.17 bits per heavy atom. The lowest BCUT2D eigenvalue weighted by atomic mass is 10.0. The third kappa shape index (κ3) is 33.2. The molecule has 1 unspecified atom stereocenters. The predicted molar refractivity (Wildman–Crippen MR) is 170 cm³/mol. The second-order valence-corrected chi connectivity index (χ2v) is 12.1. The maximum atomic E-state index is 11.9. The second kappa shape index (κ2) is 33.4. The maximum Gasteiger partial charge on any atom is 0.305 e. The molecule has 6 heteroatoms. The summed E-state index contributed by atoms with van der Waals surface area (Å²) in [4.78, 5) is 23.4. The molecule has 41 heavy (non-hydrogen) atoms. The van der Waals surface area contributed by atoms with Crippen molar-refractivity contribution in [2.75, 3.05) is 19.8 Å². The molecule has 0 rings (SSSR count). The highest BCUT2D eigenvalue weighted by Crippen LogP contribution is 2.15. The highest BCUT2D eigenvalue weighted by Gasteiger charge is 2.07. The van der Waals surface area contributed by atoms with Crippen LogP contribution in [-0.4, -0.2) is 48.1 Å². The number of aliphatic hydroxyl groups is 2. The number of rotatable bonds is 33. The van der Waals surface area contributed by atoms with Crippen LogP contribution in [0.3, 0.4) is 0 Å². The summed E-state index contributed by atoms with van der Waals surface area (Å²) < 4.78 is 10.3. The summed E-state index contributed by atoms with van der Waals surface area (Å²) in [5.41, 5.74) is 0. The molecule has 0 spiro atoms. The Bertz CT molecular complexity index is 553. The third-order valence-electron chi connectivity index (χ3n) is 7.92. The first-order chi connectivity index (χ1) is 20.1. The van der Waals surface area contributed by atoms with E-state index in [9.17, 15) is 9.59 Å². The maximum absolute atomic E-state index is 11.9. The summed E-state index contributed by atoms with van der Waals surface area (Å²) in [5.74, 6) is -0.302. The van der Waals surface area contributed by atoms with Gasteiger partial charge in [0, 0.05) is 12.8 Å². The SMILES string of the molecule is CCCCCCCCCCCCCCCC(=O)OCCCCCCCCCCCCCCCC(=O)OCC(O)CO. The van der Waals surface area contributed by atoms with E-state index in [0.717, 1.165) is 44.9 Å². The molecule has 0 saturated heterocycles. The Morgan fingerprint density at radius 2 is 0.805 bits per heavy atom. The molecule has 2 N–H and O–H groups in total. The normalized spacial score (nSPS) is 12.0. The second-order valence-electron chi connectivity index (χ2n) is 12.1. The first-order valence-electron chi connectivity index (χ1n) is 17.7. The van der Waals surface area contributed by atoms with Gasteiger partial charge >= 0.3 is 11.9 Å². The van der Waals surface area contributed by atoms with Crippen molar-refractivity contribution < 1.29 is 29.3 Å². The zero-order valence-corrected chi connectivity index (χ0v) is 27.0. The molecule has 0 heterocycles. The van der Waals surface area contributed by atoms with Crippen LogP contribution < -0.4 is 0 Å². The number of carbonyl (C=O) groups is 2. The molecular formula is C35H68O6. The molecule has 0 bridgehead atoms. The van der Waals surface area contributed by atoms with Gasteiger partial charge in [0.05, 0.1) is 13.2 Å². The van der Waals surface area contributed by atoms with Gasteiger partial charge in [-0.1, -0.05) is 155 Å². The Labute approximate surface area is 253 Å². The van der Waals surface area contributed by atoms with E-state index < -0.39 is 6.10 Å². The van der Waals surface area contributed by atoms with Gasteiger partial charge in [0.1, 0.15) is 12.7 Å². The van der Waals surface area contributed by atoms with Crippen molar-refractivity contribution in [3.8, 4) is 0 Å². The Hall–Kier alpha value is -1.14. The smallest absolute Gasteiger partial charge is 0.305 e. The van der Waals surface area contributed by atoms with E-state index in [1.165, 1.54) is 122 Å². The van der Waals surface area contributed by atoms with Crippen LogP contribution in [0.5, 0.6) is 0 Å². The molecule has 0 aromatic rings. The van der Waals surface area contributed by atoms with Crippen LogP contribution in [0, 0.1) is 0 Å². The van der Waals surface area contributed by atoms with Crippen molar-refractivity contribution in [1.82, 2.24) is 0 Å². The van der Waals surface area contributed by atoms with Gasteiger partial charge in [-0.2, -0.15) is 0 Å². The Morgan fingerprint density at radius 1 is 0.488 bits per heavy atom. The highest BCUT2D eigenvalue weighted by molar-refractivity contribution is 5.69. The first-order valence-corrected chi connectivity index (χ1v) is 17.7. The standard InChI is InChI=1S/C35H68O6/c1-2-3-4-5-6-7-8-10-13-16-19-22-25-28-34(38)40-30-27-24-21-18-15-12-9-11-14-17-20-23-26-29-35(39)41-32-33(37)31-36/h33,36-37H,2-32H2,1H3. The number of carbonyl (C=O) groups excluding carboxylic acids is 2. The Balaban J connectivity index is 3.20. The molecule has 0 aromatic heterocycles. The molecule has 0 aromatic carbocycles. The monoisotopic (exact) mass is 585 g/mol. The average Bonchev–Trinajstić information content (AvgIpc) is 2.97. The van der Waals surface area contributed by atoms with Crippen LogP contribution in [-0.2, 0) is 19.1 Å². The van der Waals surface area contributed by atoms with E-state index in [2.05, 4.69) is 6.92 Å². The highest BCUT2D eigenvalue weighted by atomic mass is 16.5. The summed E-state index contributed by atoms with van der Waals surface area (Å²) in [5, 5.41) is 17.8. The molecular weight excluding hydrogens is 516 g/mol. The molecule has 1 atom stereocenters. The van der Waals surface area contributed by atoms with Gasteiger partial charge in [-0.25, -0.2) is 0 Å². The topological polar surface area (TPSA) is 93.1 Å². The van der Waals surface area contributed by atoms with Crippen molar-refractivity contribution in [1.29, 1.82) is 0 Å². The van der Waals surface area contributed by atoms with Gasteiger partial charge < -0.3 is 19.7 Å². The van der Waals surface area contributed by atoms with E-state index >= 15 is 0 Å². The van der Waals surface area contributed by atoms with E-state index in [1.807, 2.05) is 0 Å². The minimum absolute atomic E-state index is 0.00874. The molecule has 0 saturated carbocycles. The number of hydrogen-bond donors (Lipinski definition) is 2. The number of esters is 2. The Kier molecular flexibility index (Phi) is 32.4. The summed E-state index contributed by atoms with van der Waals surface area (Å²) in [6, 6.07) is 0. The zero-order chi connectivity index (χ0) is 30.1. The molecule has 0 aliphatic heterocycles. The van der Waals surface area contributed by atoms with Crippen LogP contribution in [0.25, 0.3) is 0 Å². The van der Waals surface area contributed by atoms with E-state index in [1.54, 1.807) is 0 Å². The average molecular weight is 585 g/mol. The largest absolute Gasteiger partial charge is 0.466 e. The fraction of sp³-hybridized carbons (Fsp3) is 0.943. The molecule has 6 nitrogen and oxygen atoms in total. The van der Waals surface area contributed by atoms with Gasteiger partial charge in [0.25, 0.3) is 0 Å². The number of ether oxygens (including phenoxy) is 2. The lowest BCUT2D eigenvalue weighted by Crippen LogP contribution is -2.21.